The monoisotopic (exact) mass is 393 g/mol. The van der Waals surface area contributed by atoms with Crippen LogP contribution < -0.4 is 10.1 Å². The first kappa shape index (κ1) is 20.1. The fraction of sp³-hybridized carbons (Fsp3) is 0.188. The molecule has 0 amide bonds. The van der Waals surface area contributed by atoms with Crippen molar-refractivity contribution in [1.29, 1.82) is 0 Å². The molecule has 0 spiro atoms. The van der Waals surface area contributed by atoms with Gasteiger partial charge in [-0.2, -0.15) is 0 Å². The zero-order valence-electron chi connectivity index (χ0n) is 13.8. The zero-order valence-corrected chi connectivity index (χ0v) is 14.7. The first-order valence-electron chi connectivity index (χ1n) is 7.63. The third-order valence-corrected chi connectivity index (χ3v) is 4.18. The second-order valence-electron chi connectivity index (χ2n) is 4.97. The number of hydrogen-bond donors (Lipinski definition) is 1. The molecule has 0 aliphatic rings. The Hall–Kier alpha value is -3.18. The minimum Gasteiger partial charge on any atom is -0.433 e. The number of thioether (sulfide) groups is 1. The number of non-ortho nitro benzene ring substituents is 1. The number of nitrogens with one attached hydrogen (secondary N) is 1. The number of carbonyl (C=O) groups is 1. The van der Waals surface area contributed by atoms with E-state index in [2.05, 4.69) is 5.32 Å². The van der Waals surface area contributed by atoms with Crippen LogP contribution in [0.4, 0.5) is 10.5 Å². The van der Waals surface area contributed by atoms with Crippen LogP contribution in [0.1, 0.15) is 0 Å². The number of nitro groups is 2. The van der Waals surface area contributed by atoms with Crippen LogP contribution in [-0.4, -0.2) is 34.7 Å². The van der Waals surface area contributed by atoms with Gasteiger partial charge in [-0.3, -0.25) is 20.2 Å². The van der Waals surface area contributed by atoms with E-state index in [0.29, 0.717) is 0 Å². The third kappa shape index (κ3) is 6.92. The van der Waals surface area contributed by atoms with Gasteiger partial charge < -0.3 is 9.47 Å². The molecule has 2 rings (SSSR count). The summed E-state index contributed by atoms with van der Waals surface area (Å²) in [7, 11) is 0. The second kappa shape index (κ2) is 10.1. The number of ether oxygens (including phenoxy) is 2. The van der Waals surface area contributed by atoms with Crippen molar-refractivity contribution < 1.29 is 24.1 Å². The Balaban J connectivity index is 1.73. The molecule has 10 nitrogen and oxygen atoms in total. The molecule has 0 aliphatic heterocycles. The van der Waals surface area contributed by atoms with Crippen molar-refractivity contribution in [3.63, 3.8) is 0 Å². The molecule has 0 saturated carbocycles. The minimum atomic E-state index is -1.10. The van der Waals surface area contributed by atoms with Crippen LogP contribution in [0.2, 0.25) is 0 Å². The van der Waals surface area contributed by atoms with Gasteiger partial charge in [-0.25, -0.2) is 10.1 Å². The third-order valence-electron chi connectivity index (χ3n) is 3.07. The molecule has 0 saturated heterocycles. The van der Waals surface area contributed by atoms with Gasteiger partial charge in [0.05, 0.1) is 9.85 Å². The lowest BCUT2D eigenvalue weighted by atomic mass is 10.3. The van der Waals surface area contributed by atoms with Gasteiger partial charge >= 0.3 is 11.7 Å². The highest BCUT2D eigenvalue weighted by Gasteiger charge is 2.20. The number of hydrogen-bond acceptors (Lipinski definition) is 9. The van der Waals surface area contributed by atoms with Crippen LogP contribution in [0.5, 0.6) is 5.75 Å². The summed E-state index contributed by atoms with van der Waals surface area (Å²) in [6, 6.07) is 13.8. The summed E-state index contributed by atoms with van der Waals surface area (Å²) in [4.78, 5) is 32.9. The van der Waals surface area contributed by atoms with Crippen LogP contribution >= 0.6 is 11.8 Å². The standard InChI is InChI=1S/C16H15N3O7S/c20-16(26-13-8-6-12(7-9-13)18(21)22)25-11-10-17-15(19(23)24)27-14-4-2-1-3-5-14/h1-9,15,17H,10-11H2. The van der Waals surface area contributed by atoms with E-state index in [0.717, 1.165) is 16.7 Å². The quantitative estimate of drug-likeness (QED) is 0.130. The highest BCUT2D eigenvalue weighted by Crippen LogP contribution is 2.21. The maximum atomic E-state index is 11.6. The van der Waals surface area contributed by atoms with Crippen molar-refractivity contribution in [3.8, 4) is 5.75 Å². The number of rotatable bonds is 9. The summed E-state index contributed by atoms with van der Waals surface area (Å²) in [5.74, 6) is 0.0846. The van der Waals surface area contributed by atoms with E-state index in [4.69, 9.17) is 9.47 Å². The first-order chi connectivity index (χ1) is 13.0. The Labute approximate surface area is 157 Å². The lowest BCUT2D eigenvalue weighted by Crippen LogP contribution is -2.36. The van der Waals surface area contributed by atoms with Crippen molar-refractivity contribution in [2.75, 3.05) is 13.2 Å². The molecule has 0 aliphatic carbocycles. The summed E-state index contributed by atoms with van der Waals surface area (Å²) in [6.45, 7) is -0.105. The van der Waals surface area contributed by atoms with Gasteiger partial charge in [-0.15, -0.1) is 0 Å². The highest BCUT2D eigenvalue weighted by atomic mass is 32.2. The summed E-state index contributed by atoms with van der Waals surface area (Å²) < 4.78 is 9.66. The average Bonchev–Trinajstić information content (AvgIpc) is 2.65. The Bertz CT molecular complexity index is 786. The Morgan fingerprint density at radius 1 is 1.07 bits per heavy atom. The fourth-order valence-electron chi connectivity index (χ4n) is 1.87. The molecule has 0 aromatic heterocycles. The van der Waals surface area contributed by atoms with E-state index in [1.54, 1.807) is 24.3 Å². The number of carbonyl (C=O) groups excluding carboxylic acids is 1. The first-order valence-corrected chi connectivity index (χ1v) is 8.51. The fourth-order valence-corrected chi connectivity index (χ4v) is 2.72. The smallest absolute Gasteiger partial charge is 0.433 e. The maximum Gasteiger partial charge on any atom is 0.513 e. The second-order valence-corrected chi connectivity index (χ2v) is 6.13. The van der Waals surface area contributed by atoms with E-state index in [1.807, 2.05) is 6.07 Å². The van der Waals surface area contributed by atoms with E-state index in [1.165, 1.54) is 24.3 Å². The molecule has 2 aromatic rings. The molecule has 27 heavy (non-hydrogen) atoms. The van der Waals surface area contributed by atoms with E-state index in [-0.39, 0.29) is 24.6 Å². The largest absolute Gasteiger partial charge is 0.513 e. The van der Waals surface area contributed by atoms with Crippen LogP contribution in [0, 0.1) is 20.2 Å². The van der Waals surface area contributed by atoms with Gasteiger partial charge in [0.15, 0.2) is 0 Å². The van der Waals surface area contributed by atoms with Gasteiger partial charge in [-0.05, 0) is 36.0 Å². The number of nitrogens with zero attached hydrogens (tertiary/aromatic N) is 2. The summed E-state index contributed by atoms with van der Waals surface area (Å²) in [6.07, 6.45) is -1.01. The Morgan fingerprint density at radius 3 is 2.33 bits per heavy atom. The molecule has 142 valence electrons. The number of nitro benzene ring substituents is 1. The average molecular weight is 393 g/mol. The molecular weight excluding hydrogens is 378 g/mol. The van der Waals surface area contributed by atoms with Crippen molar-refractivity contribution in [2.45, 2.75) is 10.4 Å². The van der Waals surface area contributed by atoms with Crippen molar-refractivity contribution >= 4 is 23.6 Å². The van der Waals surface area contributed by atoms with Crippen LogP contribution in [0.3, 0.4) is 0 Å². The molecule has 11 heteroatoms. The maximum absolute atomic E-state index is 11.6. The molecule has 0 heterocycles. The number of benzene rings is 2. The molecule has 1 atom stereocenters. The van der Waals surface area contributed by atoms with E-state index >= 15 is 0 Å². The van der Waals surface area contributed by atoms with Gasteiger partial charge in [-0.1, -0.05) is 18.2 Å². The Morgan fingerprint density at radius 2 is 1.74 bits per heavy atom. The van der Waals surface area contributed by atoms with E-state index < -0.39 is 21.5 Å². The topological polar surface area (TPSA) is 134 Å². The predicted octanol–water partition coefficient (Wildman–Crippen LogP) is 3.05. The normalized spacial score (nSPS) is 11.4. The predicted molar refractivity (Wildman–Crippen MR) is 96.2 cm³/mol. The van der Waals surface area contributed by atoms with Crippen LogP contribution in [0.25, 0.3) is 0 Å². The lowest BCUT2D eigenvalue weighted by Gasteiger charge is -2.11. The highest BCUT2D eigenvalue weighted by molar-refractivity contribution is 7.99. The van der Waals surface area contributed by atoms with E-state index in [9.17, 15) is 25.0 Å². The van der Waals surface area contributed by atoms with Crippen LogP contribution in [0.15, 0.2) is 59.5 Å². The summed E-state index contributed by atoms with van der Waals surface area (Å²) >= 11 is 1.02. The molecular formula is C16H15N3O7S. The molecule has 0 radical (unpaired) electrons. The molecule has 0 fully saturated rings. The van der Waals surface area contributed by atoms with Crippen molar-refractivity contribution in [2.24, 2.45) is 0 Å². The minimum absolute atomic E-state index is 0.0425. The molecule has 1 N–H and O–H groups in total. The van der Waals surface area contributed by atoms with Gasteiger partial charge in [0.1, 0.15) is 12.4 Å². The molecule has 0 bridgehead atoms. The lowest BCUT2D eigenvalue weighted by molar-refractivity contribution is -0.501. The van der Waals surface area contributed by atoms with Crippen LogP contribution in [-0.2, 0) is 4.74 Å². The van der Waals surface area contributed by atoms with Gasteiger partial charge in [0.25, 0.3) is 5.69 Å². The van der Waals surface area contributed by atoms with Crippen molar-refractivity contribution in [1.82, 2.24) is 5.32 Å². The molecule has 2 aromatic carbocycles. The van der Waals surface area contributed by atoms with Gasteiger partial charge in [0, 0.05) is 23.6 Å². The van der Waals surface area contributed by atoms with Gasteiger partial charge in [0.2, 0.25) is 0 Å². The summed E-state index contributed by atoms with van der Waals surface area (Å²) in [5, 5.41) is 24.3. The molecule has 1 unspecified atom stereocenters. The SMILES string of the molecule is O=C(OCCNC(Sc1ccccc1)[N+](=O)[O-])Oc1ccc([N+](=O)[O-])cc1. The van der Waals surface area contributed by atoms with Crippen molar-refractivity contribution in [3.05, 3.63) is 74.8 Å². The Kier molecular flexibility index (Phi) is 7.52. The zero-order chi connectivity index (χ0) is 19.6. The summed E-state index contributed by atoms with van der Waals surface area (Å²) in [5.41, 5.74) is -1.23.